The molecule has 4 nitrogen and oxygen atoms in total. The highest BCUT2D eigenvalue weighted by molar-refractivity contribution is 7.91. The molecule has 2 atom stereocenters. The number of hydrogen-bond acceptors (Lipinski definition) is 4. The summed E-state index contributed by atoms with van der Waals surface area (Å²) in [6.45, 7) is 2.87. The maximum atomic E-state index is 11.6. The van der Waals surface area contributed by atoms with Gasteiger partial charge in [0.2, 0.25) is 0 Å². The van der Waals surface area contributed by atoms with Gasteiger partial charge in [0.1, 0.15) is 0 Å². The molecule has 0 radical (unpaired) electrons. The van der Waals surface area contributed by atoms with Crippen LogP contribution >= 0.6 is 0 Å². The number of benzene rings is 1. The normalized spacial score (nSPS) is 30.4. The smallest absolute Gasteiger partial charge is 0.151 e. The molecule has 2 unspecified atom stereocenters. The molecule has 2 heterocycles. The zero-order valence-electron chi connectivity index (χ0n) is 11.7. The fraction of sp³-hybridized carbons (Fsp3) is 0.600. The van der Waals surface area contributed by atoms with Gasteiger partial charge in [0.25, 0.3) is 0 Å². The van der Waals surface area contributed by atoms with E-state index in [2.05, 4.69) is 34.5 Å². The second-order valence-corrected chi connectivity index (χ2v) is 8.12. The maximum Gasteiger partial charge on any atom is 0.151 e. The lowest BCUT2D eigenvalue weighted by molar-refractivity contribution is 0.155. The second-order valence-electron chi connectivity index (χ2n) is 5.89. The van der Waals surface area contributed by atoms with Crippen LogP contribution in [0.15, 0.2) is 30.3 Å². The fourth-order valence-corrected chi connectivity index (χ4v) is 5.04. The van der Waals surface area contributed by atoms with Crippen molar-refractivity contribution < 1.29 is 8.42 Å². The largest absolute Gasteiger partial charge is 0.311 e. The van der Waals surface area contributed by atoms with Gasteiger partial charge in [0.05, 0.1) is 11.5 Å². The lowest BCUT2D eigenvalue weighted by Crippen LogP contribution is -2.55. The lowest BCUT2D eigenvalue weighted by Gasteiger charge is -2.37. The molecule has 1 N–H and O–H groups in total. The predicted octanol–water partition coefficient (Wildman–Crippen LogP) is 0.690. The van der Waals surface area contributed by atoms with Crippen LogP contribution in [0.3, 0.4) is 0 Å². The van der Waals surface area contributed by atoms with Crippen LogP contribution < -0.4 is 5.32 Å². The summed E-state index contributed by atoms with van der Waals surface area (Å²) in [4.78, 5) is 2.37. The van der Waals surface area contributed by atoms with Gasteiger partial charge in [-0.15, -0.1) is 0 Å². The van der Waals surface area contributed by atoms with E-state index < -0.39 is 9.84 Å². The van der Waals surface area contributed by atoms with Crippen LogP contribution in [0.4, 0.5) is 0 Å². The van der Waals surface area contributed by atoms with E-state index in [0.717, 1.165) is 32.5 Å². The molecule has 0 amide bonds. The molecule has 2 saturated heterocycles. The van der Waals surface area contributed by atoms with Crippen molar-refractivity contribution in [2.45, 2.75) is 24.9 Å². The van der Waals surface area contributed by atoms with E-state index in [0.29, 0.717) is 17.5 Å². The topological polar surface area (TPSA) is 49.4 Å². The third-order valence-electron chi connectivity index (χ3n) is 4.34. The van der Waals surface area contributed by atoms with Crippen LogP contribution in [-0.2, 0) is 16.3 Å². The van der Waals surface area contributed by atoms with Crippen LogP contribution in [0.2, 0.25) is 0 Å². The molecule has 3 rings (SSSR count). The van der Waals surface area contributed by atoms with Crippen molar-refractivity contribution in [1.82, 2.24) is 10.2 Å². The third kappa shape index (κ3) is 3.40. The van der Waals surface area contributed by atoms with Crippen LogP contribution in [0, 0.1) is 0 Å². The minimum absolute atomic E-state index is 0.236. The molecular formula is C15H22N2O2S. The summed E-state index contributed by atoms with van der Waals surface area (Å²) in [6.07, 6.45) is 1.82. The summed E-state index contributed by atoms with van der Waals surface area (Å²) in [6, 6.07) is 11.1. The van der Waals surface area contributed by atoms with E-state index in [4.69, 9.17) is 0 Å². The number of piperazine rings is 1. The van der Waals surface area contributed by atoms with Crippen LogP contribution in [0.5, 0.6) is 0 Å². The van der Waals surface area contributed by atoms with Gasteiger partial charge in [0, 0.05) is 31.7 Å². The van der Waals surface area contributed by atoms with Crippen molar-refractivity contribution in [2.24, 2.45) is 0 Å². The van der Waals surface area contributed by atoms with Crippen LogP contribution in [0.1, 0.15) is 12.0 Å². The monoisotopic (exact) mass is 294 g/mol. The molecule has 0 bridgehead atoms. The predicted molar refractivity (Wildman–Crippen MR) is 80.6 cm³/mol. The van der Waals surface area contributed by atoms with Crippen molar-refractivity contribution in [3.8, 4) is 0 Å². The van der Waals surface area contributed by atoms with Crippen molar-refractivity contribution in [1.29, 1.82) is 0 Å². The van der Waals surface area contributed by atoms with Gasteiger partial charge in [-0.2, -0.15) is 0 Å². The Morgan fingerprint density at radius 3 is 2.75 bits per heavy atom. The highest BCUT2D eigenvalue weighted by atomic mass is 32.2. The average Bonchev–Trinajstić information content (AvgIpc) is 2.81. The summed E-state index contributed by atoms with van der Waals surface area (Å²) in [5.74, 6) is 0.718. The SMILES string of the molecule is O=S1(=O)CCC(N2CCNC(Cc3ccccc3)C2)C1. The number of sulfone groups is 1. The molecule has 2 fully saturated rings. The third-order valence-corrected chi connectivity index (χ3v) is 6.09. The van der Waals surface area contributed by atoms with Gasteiger partial charge in [-0.3, -0.25) is 4.90 Å². The molecule has 110 valence electrons. The molecule has 20 heavy (non-hydrogen) atoms. The molecule has 0 aromatic heterocycles. The Morgan fingerprint density at radius 1 is 1.25 bits per heavy atom. The van der Waals surface area contributed by atoms with E-state index in [1.165, 1.54) is 5.56 Å². The standard InChI is InChI=1S/C15H22N2O2S/c18-20(19)9-6-15(12-20)17-8-7-16-14(11-17)10-13-4-2-1-3-5-13/h1-5,14-16H,6-12H2. The Bertz CT molecular complexity index is 544. The molecule has 1 aromatic carbocycles. The highest BCUT2D eigenvalue weighted by Crippen LogP contribution is 2.19. The number of hydrogen-bond donors (Lipinski definition) is 1. The van der Waals surface area contributed by atoms with Crippen molar-refractivity contribution in [3.63, 3.8) is 0 Å². The Hall–Kier alpha value is -0.910. The van der Waals surface area contributed by atoms with Crippen molar-refractivity contribution in [2.75, 3.05) is 31.1 Å². The lowest BCUT2D eigenvalue weighted by atomic mass is 10.0. The number of nitrogens with one attached hydrogen (secondary N) is 1. The number of rotatable bonds is 3. The fourth-order valence-electron chi connectivity index (χ4n) is 3.28. The molecule has 2 aliphatic heterocycles. The number of nitrogens with zero attached hydrogens (tertiary/aromatic N) is 1. The first-order chi connectivity index (χ1) is 9.62. The average molecular weight is 294 g/mol. The van der Waals surface area contributed by atoms with Gasteiger partial charge < -0.3 is 5.32 Å². The Kier molecular flexibility index (Phi) is 4.10. The minimum atomic E-state index is -2.78. The molecule has 0 spiro atoms. The minimum Gasteiger partial charge on any atom is -0.311 e. The molecule has 2 aliphatic rings. The van der Waals surface area contributed by atoms with E-state index >= 15 is 0 Å². The summed E-state index contributed by atoms with van der Waals surface area (Å²) in [7, 11) is -2.78. The molecule has 0 aliphatic carbocycles. The summed E-state index contributed by atoms with van der Waals surface area (Å²) in [5.41, 5.74) is 1.34. The van der Waals surface area contributed by atoms with E-state index in [1.54, 1.807) is 0 Å². The summed E-state index contributed by atoms with van der Waals surface area (Å²) >= 11 is 0. The zero-order valence-corrected chi connectivity index (χ0v) is 12.5. The van der Waals surface area contributed by atoms with Gasteiger partial charge in [0.15, 0.2) is 9.84 Å². The van der Waals surface area contributed by atoms with Crippen molar-refractivity contribution in [3.05, 3.63) is 35.9 Å². The maximum absolute atomic E-state index is 11.6. The second kappa shape index (κ2) is 5.84. The molecule has 0 saturated carbocycles. The first kappa shape index (κ1) is 14.0. The van der Waals surface area contributed by atoms with E-state index in [9.17, 15) is 8.42 Å². The Labute approximate surface area is 121 Å². The molecule has 1 aromatic rings. The summed E-state index contributed by atoms with van der Waals surface area (Å²) in [5, 5.41) is 3.55. The Balaban J connectivity index is 1.60. The first-order valence-corrected chi connectivity index (χ1v) is 9.16. The molecular weight excluding hydrogens is 272 g/mol. The van der Waals surface area contributed by atoms with Crippen molar-refractivity contribution >= 4 is 9.84 Å². The van der Waals surface area contributed by atoms with Gasteiger partial charge in [-0.1, -0.05) is 30.3 Å². The van der Waals surface area contributed by atoms with Gasteiger partial charge >= 0.3 is 0 Å². The van der Waals surface area contributed by atoms with E-state index in [-0.39, 0.29) is 6.04 Å². The first-order valence-electron chi connectivity index (χ1n) is 7.34. The van der Waals surface area contributed by atoms with Gasteiger partial charge in [-0.25, -0.2) is 8.42 Å². The van der Waals surface area contributed by atoms with Gasteiger partial charge in [-0.05, 0) is 18.4 Å². The summed E-state index contributed by atoms with van der Waals surface area (Å²) < 4.78 is 23.2. The Morgan fingerprint density at radius 2 is 2.05 bits per heavy atom. The molecule has 5 heteroatoms. The highest BCUT2D eigenvalue weighted by Gasteiger charge is 2.34. The zero-order chi connectivity index (χ0) is 14.0. The van der Waals surface area contributed by atoms with Crippen LogP contribution in [-0.4, -0.2) is 56.5 Å². The van der Waals surface area contributed by atoms with E-state index in [1.807, 2.05) is 6.07 Å². The quantitative estimate of drug-likeness (QED) is 0.891. The van der Waals surface area contributed by atoms with Crippen LogP contribution in [0.25, 0.3) is 0 Å².